The quantitative estimate of drug-likeness (QED) is 0.169. The second kappa shape index (κ2) is 20.5. The van der Waals surface area contributed by atoms with Gasteiger partial charge in [-0.3, -0.25) is 9.59 Å². The summed E-state index contributed by atoms with van der Waals surface area (Å²) in [5.41, 5.74) is 13.8. The average Bonchev–Trinajstić information content (AvgIpc) is 3.73. The van der Waals surface area contributed by atoms with Gasteiger partial charge in [-0.05, 0) is 134 Å². The molecule has 61 heavy (non-hydrogen) atoms. The molecule has 12 heteroatoms. The minimum Gasteiger partial charge on any atom is -0.331 e. The van der Waals surface area contributed by atoms with Crippen molar-refractivity contribution in [1.29, 1.82) is 0 Å². The predicted octanol–water partition coefficient (Wildman–Crippen LogP) is 10.9. The van der Waals surface area contributed by atoms with Crippen LogP contribution in [0.3, 0.4) is 0 Å². The Morgan fingerprint density at radius 2 is 1.34 bits per heavy atom. The maximum absolute atomic E-state index is 14.2. The summed E-state index contributed by atoms with van der Waals surface area (Å²) in [6.45, 7) is 4.44. The van der Waals surface area contributed by atoms with Gasteiger partial charge in [0, 0.05) is 27.7 Å². The van der Waals surface area contributed by atoms with Gasteiger partial charge in [0.15, 0.2) is 0 Å². The van der Waals surface area contributed by atoms with Crippen molar-refractivity contribution in [2.75, 3.05) is 16.5 Å². The molecule has 0 radical (unpaired) electrons. The van der Waals surface area contributed by atoms with E-state index in [1.807, 2.05) is 0 Å². The van der Waals surface area contributed by atoms with Crippen LogP contribution in [0.15, 0.2) is 72.8 Å². The van der Waals surface area contributed by atoms with Gasteiger partial charge in [-0.1, -0.05) is 74.4 Å². The molecule has 0 saturated heterocycles. The zero-order valence-electron chi connectivity index (χ0n) is 34.3. The number of anilines is 2. The number of hydrogen-bond acceptors (Lipinski definition) is 6. The number of amides is 2. The zero-order chi connectivity index (χ0) is 43.6. The lowest BCUT2D eigenvalue weighted by Crippen LogP contribution is -2.16. The lowest BCUT2D eigenvalue weighted by Gasteiger charge is -2.26. The Bertz CT molecular complexity index is 2530. The number of aromatic nitrogens is 1. The largest absolute Gasteiger partial charge is 0.373 e. The molecule has 316 valence electrons. The van der Waals surface area contributed by atoms with Crippen LogP contribution in [0.25, 0.3) is 33.3 Å². The summed E-state index contributed by atoms with van der Waals surface area (Å²) >= 11 is 5.69. The Morgan fingerprint density at radius 1 is 0.754 bits per heavy atom. The Balaban J connectivity index is 0.000000181. The number of rotatable bonds is 5. The van der Waals surface area contributed by atoms with Crippen molar-refractivity contribution >= 4 is 69.1 Å². The predicted molar refractivity (Wildman–Crippen MR) is 231 cm³/mol. The van der Waals surface area contributed by atoms with E-state index in [-0.39, 0.29) is 48.2 Å². The highest BCUT2D eigenvalue weighted by molar-refractivity contribution is 6.29. The first-order valence-corrected chi connectivity index (χ1v) is 21.2. The Kier molecular flexibility index (Phi) is 15.0. The van der Waals surface area contributed by atoms with Crippen molar-refractivity contribution in [3.05, 3.63) is 118 Å². The summed E-state index contributed by atoms with van der Waals surface area (Å²) in [7, 11) is 0. The molecule has 3 aliphatic carbocycles. The summed E-state index contributed by atoms with van der Waals surface area (Å²) < 4.78 is 30.5. The fourth-order valence-corrected chi connectivity index (χ4v) is 9.70. The van der Waals surface area contributed by atoms with Crippen molar-refractivity contribution in [3.8, 4) is 11.3 Å². The molecule has 2 fully saturated rings. The molecular formula is C49H48ClF2N3O6. The molecule has 0 bridgehead atoms. The van der Waals surface area contributed by atoms with Gasteiger partial charge in [0.05, 0.1) is 11.4 Å². The van der Waals surface area contributed by atoms with Gasteiger partial charge in [0.1, 0.15) is 24.1 Å². The number of carbonyl (C=O) groups excluding carboxylic acids is 6. The molecule has 0 unspecified atom stereocenters. The average molecular weight is 848 g/mol. The summed E-state index contributed by atoms with van der Waals surface area (Å²) in [6, 6.07) is 22.4. The van der Waals surface area contributed by atoms with Crippen molar-refractivity contribution in [3.63, 3.8) is 0 Å². The second-order valence-electron chi connectivity index (χ2n) is 16.0. The number of fused-ring (bicyclic) bond motifs is 6. The first kappa shape index (κ1) is 44.6. The summed E-state index contributed by atoms with van der Waals surface area (Å²) in [6.07, 6.45) is 13.4. The molecule has 0 spiro atoms. The van der Waals surface area contributed by atoms with Gasteiger partial charge in [-0.2, -0.15) is 19.2 Å². The fraction of sp³-hybridized carbons (Fsp3) is 0.347. The van der Waals surface area contributed by atoms with E-state index >= 15 is 0 Å². The van der Waals surface area contributed by atoms with E-state index in [2.05, 4.69) is 65.4 Å². The van der Waals surface area contributed by atoms with Crippen LogP contribution in [0, 0.1) is 31.4 Å². The minimum absolute atomic E-state index is 0.0600. The summed E-state index contributed by atoms with van der Waals surface area (Å²) in [5, 5.41) is 7.04. The van der Waals surface area contributed by atoms with E-state index in [0.29, 0.717) is 23.2 Å². The molecule has 2 saturated carbocycles. The van der Waals surface area contributed by atoms with Crippen molar-refractivity contribution < 1.29 is 37.5 Å². The molecule has 2 amide bonds. The second-order valence-corrected chi connectivity index (χ2v) is 16.3. The van der Waals surface area contributed by atoms with Crippen LogP contribution >= 0.6 is 11.6 Å². The first-order valence-electron chi connectivity index (χ1n) is 20.7. The molecule has 0 atom stereocenters. The molecule has 2 heterocycles. The topological polar surface area (TPSA) is 131 Å². The van der Waals surface area contributed by atoms with Gasteiger partial charge in [-0.25, -0.2) is 8.78 Å². The standard InChI is InChI=1S/C24H25ClFNO.C23H23FN2O.2CO2/c1-15-7-9-19-17(11-15)12-21(24(19)16-5-3-2-4-6-16)20-13-18(26)8-10-22(20)27-23(28)14-25;1-14-7-9-17-20(11-14)26-13-21(27)25-19-10-8-16(24)12-18(19)23(26)22(17)15-5-3-2-4-6-15;2*2-1-3/h7-11,13,16H,2-6,12,14H2,1H3,(H,27,28);7-12,15H,2-6,13H2,1H3,(H,25,27);;. The lowest BCUT2D eigenvalue weighted by molar-refractivity contribution is -0.193. The molecule has 1 aromatic heterocycles. The van der Waals surface area contributed by atoms with E-state index < -0.39 is 0 Å². The number of hydrogen-bond donors (Lipinski definition) is 2. The first-order chi connectivity index (χ1) is 29.5. The lowest BCUT2D eigenvalue weighted by atomic mass is 9.79. The van der Waals surface area contributed by atoms with Gasteiger partial charge >= 0.3 is 12.3 Å². The Hall–Kier alpha value is -5.99. The molecule has 9 nitrogen and oxygen atoms in total. The van der Waals surface area contributed by atoms with Crippen LogP contribution in [0.1, 0.15) is 104 Å². The number of nitrogens with one attached hydrogen (secondary N) is 2. The zero-order valence-corrected chi connectivity index (χ0v) is 35.1. The molecule has 1 aliphatic heterocycles. The van der Waals surface area contributed by atoms with Crippen LogP contribution in [0.4, 0.5) is 20.2 Å². The van der Waals surface area contributed by atoms with Gasteiger partial charge in [-0.15, -0.1) is 11.6 Å². The SMILES string of the molecule is Cc1ccc2c(C3CCCCC3)c3n(c2c1)CC(=O)Nc1ccc(F)cc1-3.Cc1ccc2c(c1)CC(c1cc(F)ccc1NC(=O)CCl)=C2C1CCCCC1.O=C=O.O=C=O. The number of aryl methyl sites for hydroxylation is 2. The maximum Gasteiger partial charge on any atom is 0.373 e. The summed E-state index contributed by atoms with van der Waals surface area (Å²) in [4.78, 5) is 57.0. The van der Waals surface area contributed by atoms with Crippen LogP contribution in [0.5, 0.6) is 0 Å². The van der Waals surface area contributed by atoms with E-state index in [1.54, 1.807) is 24.3 Å². The van der Waals surface area contributed by atoms with E-state index in [1.165, 1.54) is 102 Å². The van der Waals surface area contributed by atoms with Crippen LogP contribution in [-0.2, 0) is 41.7 Å². The molecular weight excluding hydrogens is 800 g/mol. The van der Waals surface area contributed by atoms with Gasteiger partial charge in [0.2, 0.25) is 11.8 Å². The molecule has 4 aliphatic rings. The monoisotopic (exact) mass is 847 g/mol. The smallest absolute Gasteiger partial charge is 0.331 e. The third kappa shape index (κ3) is 10.1. The third-order valence-electron chi connectivity index (χ3n) is 12.0. The highest BCUT2D eigenvalue weighted by atomic mass is 35.5. The number of halogens is 3. The normalized spacial score (nSPS) is 15.7. The van der Waals surface area contributed by atoms with Crippen LogP contribution in [0.2, 0.25) is 0 Å². The molecule has 2 N–H and O–H groups in total. The Morgan fingerprint density at radius 3 is 2.00 bits per heavy atom. The number of benzene rings is 4. The van der Waals surface area contributed by atoms with Crippen molar-refractivity contribution in [2.45, 2.75) is 96.9 Å². The molecule has 4 aromatic carbocycles. The summed E-state index contributed by atoms with van der Waals surface area (Å²) in [5.74, 6) is -0.0629. The van der Waals surface area contributed by atoms with Gasteiger partial charge < -0.3 is 15.2 Å². The third-order valence-corrected chi connectivity index (χ3v) is 12.3. The van der Waals surface area contributed by atoms with E-state index in [0.717, 1.165) is 47.2 Å². The molecule has 9 rings (SSSR count). The van der Waals surface area contributed by atoms with E-state index in [9.17, 15) is 18.4 Å². The number of allylic oxidation sites excluding steroid dienone is 2. The Labute approximate surface area is 358 Å². The highest BCUT2D eigenvalue weighted by Crippen LogP contribution is 2.49. The van der Waals surface area contributed by atoms with Gasteiger partial charge in [0.25, 0.3) is 0 Å². The van der Waals surface area contributed by atoms with Crippen molar-refractivity contribution in [1.82, 2.24) is 4.57 Å². The van der Waals surface area contributed by atoms with Crippen LogP contribution in [-0.4, -0.2) is 34.6 Å². The minimum atomic E-state index is -0.290. The van der Waals surface area contributed by atoms with Crippen LogP contribution < -0.4 is 10.6 Å². The van der Waals surface area contributed by atoms with Crippen molar-refractivity contribution in [2.24, 2.45) is 5.92 Å². The highest BCUT2D eigenvalue weighted by Gasteiger charge is 2.32. The number of carbonyl (C=O) groups is 2. The number of nitrogens with zero attached hydrogens (tertiary/aromatic N) is 1. The molecule has 5 aromatic rings. The van der Waals surface area contributed by atoms with E-state index in [4.69, 9.17) is 30.8 Å². The number of alkyl halides is 1. The fourth-order valence-electron chi connectivity index (χ4n) is 9.64. The maximum atomic E-state index is 14.2.